The van der Waals surface area contributed by atoms with Crippen molar-refractivity contribution >= 4 is 40.0 Å². The topological polar surface area (TPSA) is 17.1 Å². The van der Waals surface area contributed by atoms with Crippen LogP contribution in [0.1, 0.15) is 30.1 Å². The number of hydrogen-bond acceptors (Lipinski definition) is 1. The summed E-state index contributed by atoms with van der Waals surface area (Å²) in [4.78, 5) is 11.7. The van der Waals surface area contributed by atoms with Gasteiger partial charge in [-0.2, -0.15) is 0 Å². The Bertz CT molecular complexity index is 399. The molecule has 0 unspecified atom stereocenters. The molecule has 15 heavy (non-hydrogen) atoms. The lowest BCUT2D eigenvalue weighted by Crippen LogP contribution is -1.99. The number of hydrogen-bond donors (Lipinski definition) is 0. The molecular formula is C12H12ClIO. The van der Waals surface area contributed by atoms with E-state index in [1.54, 1.807) is 6.07 Å². The Labute approximate surface area is 109 Å². The fourth-order valence-electron chi connectivity index (χ4n) is 1.14. The minimum Gasteiger partial charge on any atom is -0.294 e. The van der Waals surface area contributed by atoms with Crippen LogP contribution in [0.5, 0.6) is 0 Å². The van der Waals surface area contributed by atoms with Crippen LogP contribution in [0.3, 0.4) is 0 Å². The Hall–Kier alpha value is -0.350. The summed E-state index contributed by atoms with van der Waals surface area (Å²) in [6.45, 7) is 5.70. The lowest BCUT2D eigenvalue weighted by atomic mass is 10.0. The SMILES string of the molecule is C=C(C)CCC(=O)c1ccc(I)c(Cl)c1. The zero-order valence-electron chi connectivity index (χ0n) is 8.52. The molecule has 3 heteroatoms. The molecule has 0 amide bonds. The van der Waals surface area contributed by atoms with E-state index in [-0.39, 0.29) is 5.78 Å². The predicted molar refractivity (Wildman–Crippen MR) is 72.5 cm³/mol. The highest BCUT2D eigenvalue weighted by molar-refractivity contribution is 14.1. The minimum absolute atomic E-state index is 0.122. The molecule has 0 aliphatic carbocycles. The maximum atomic E-state index is 11.7. The normalized spacial score (nSPS) is 10.1. The Morgan fingerprint density at radius 2 is 2.13 bits per heavy atom. The monoisotopic (exact) mass is 334 g/mol. The first-order valence-corrected chi connectivity index (χ1v) is 6.09. The number of rotatable bonds is 4. The van der Waals surface area contributed by atoms with Gasteiger partial charge in [-0.05, 0) is 48.1 Å². The summed E-state index contributed by atoms with van der Waals surface area (Å²) in [6, 6.07) is 5.40. The largest absolute Gasteiger partial charge is 0.294 e. The zero-order valence-corrected chi connectivity index (χ0v) is 11.4. The fourth-order valence-corrected chi connectivity index (χ4v) is 1.66. The molecule has 0 heterocycles. The van der Waals surface area contributed by atoms with Gasteiger partial charge in [0.05, 0.1) is 5.02 Å². The van der Waals surface area contributed by atoms with Gasteiger partial charge in [0, 0.05) is 15.6 Å². The lowest BCUT2D eigenvalue weighted by Gasteiger charge is -2.02. The summed E-state index contributed by atoms with van der Waals surface area (Å²) in [5.41, 5.74) is 1.71. The molecule has 0 saturated carbocycles. The molecule has 1 rings (SSSR count). The first-order chi connectivity index (χ1) is 7.00. The quantitative estimate of drug-likeness (QED) is 0.451. The molecule has 0 radical (unpaired) electrons. The van der Waals surface area contributed by atoms with Gasteiger partial charge in [-0.15, -0.1) is 6.58 Å². The van der Waals surface area contributed by atoms with Crippen LogP contribution in [-0.2, 0) is 0 Å². The second-order valence-corrected chi connectivity index (χ2v) is 5.08. The standard InChI is InChI=1S/C12H12ClIO/c1-8(2)3-6-12(15)9-4-5-11(14)10(13)7-9/h4-5,7H,1,3,6H2,2H3. The van der Waals surface area contributed by atoms with E-state index >= 15 is 0 Å². The van der Waals surface area contributed by atoms with E-state index < -0.39 is 0 Å². The van der Waals surface area contributed by atoms with Crippen LogP contribution in [0, 0.1) is 3.57 Å². The molecule has 0 fully saturated rings. The van der Waals surface area contributed by atoms with E-state index in [1.807, 2.05) is 19.1 Å². The van der Waals surface area contributed by atoms with Gasteiger partial charge in [-0.1, -0.05) is 23.2 Å². The van der Waals surface area contributed by atoms with Crippen LogP contribution in [0.2, 0.25) is 5.02 Å². The number of allylic oxidation sites excluding steroid dienone is 1. The van der Waals surface area contributed by atoms with E-state index in [0.717, 1.165) is 15.6 Å². The van der Waals surface area contributed by atoms with E-state index in [0.29, 0.717) is 17.0 Å². The van der Waals surface area contributed by atoms with Gasteiger partial charge >= 0.3 is 0 Å². The Morgan fingerprint density at radius 3 is 2.67 bits per heavy atom. The van der Waals surface area contributed by atoms with Crippen LogP contribution in [0.15, 0.2) is 30.4 Å². The molecule has 0 atom stereocenters. The molecule has 0 saturated heterocycles. The van der Waals surface area contributed by atoms with Gasteiger partial charge in [0.1, 0.15) is 0 Å². The molecular weight excluding hydrogens is 322 g/mol. The first-order valence-electron chi connectivity index (χ1n) is 4.63. The maximum Gasteiger partial charge on any atom is 0.163 e. The van der Waals surface area contributed by atoms with E-state index in [4.69, 9.17) is 11.6 Å². The van der Waals surface area contributed by atoms with Gasteiger partial charge in [0.25, 0.3) is 0 Å². The third kappa shape index (κ3) is 3.95. The molecule has 1 nitrogen and oxygen atoms in total. The summed E-state index contributed by atoms with van der Waals surface area (Å²) in [7, 11) is 0. The maximum absolute atomic E-state index is 11.7. The summed E-state index contributed by atoms with van der Waals surface area (Å²) in [5.74, 6) is 0.122. The Kier molecular flexibility index (Phi) is 4.80. The van der Waals surface area contributed by atoms with Crippen molar-refractivity contribution in [1.29, 1.82) is 0 Å². The van der Waals surface area contributed by atoms with Crippen molar-refractivity contribution < 1.29 is 4.79 Å². The molecule has 0 spiro atoms. The molecule has 1 aromatic carbocycles. The lowest BCUT2D eigenvalue weighted by molar-refractivity contribution is 0.0983. The molecule has 0 bridgehead atoms. The van der Waals surface area contributed by atoms with Crippen molar-refractivity contribution in [3.8, 4) is 0 Å². The number of Topliss-reactive ketones (excluding diaryl/α,β-unsaturated/α-hetero) is 1. The summed E-state index contributed by atoms with van der Waals surface area (Å²) >= 11 is 8.08. The number of ketones is 1. The third-order valence-corrected chi connectivity index (χ3v) is 3.59. The smallest absolute Gasteiger partial charge is 0.163 e. The van der Waals surface area contributed by atoms with Gasteiger partial charge in [-0.3, -0.25) is 4.79 Å². The predicted octanol–water partition coefficient (Wildman–Crippen LogP) is 4.48. The average Bonchev–Trinajstić information content (AvgIpc) is 2.18. The average molecular weight is 335 g/mol. The first kappa shape index (κ1) is 12.7. The van der Waals surface area contributed by atoms with E-state index in [1.165, 1.54) is 0 Å². The van der Waals surface area contributed by atoms with Crippen LogP contribution < -0.4 is 0 Å². The van der Waals surface area contributed by atoms with Crippen molar-refractivity contribution in [3.05, 3.63) is 44.5 Å². The number of carbonyl (C=O) groups excluding carboxylic acids is 1. The molecule has 0 aliphatic heterocycles. The van der Waals surface area contributed by atoms with Crippen molar-refractivity contribution in [1.82, 2.24) is 0 Å². The number of benzene rings is 1. The molecule has 0 aromatic heterocycles. The van der Waals surface area contributed by atoms with Crippen LogP contribution in [0.4, 0.5) is 0 Å². The van der Waals surface area contributed by atoms with Crippen molar-refractivity contribution in [2.45, 2.75) is 19.8 Å². The third-order valence-electron chi connectivity index (χ3n) is 2.02. The number of carbonyl (C=O) groups is 1. The van der Waals surface area contributed by atoms with Gasteiger partial charge in [0.15, 0.2) is 5.78 Å². The van der Waals surface area contributed by atoms with Crippen molar-refractivity contribution in [2.75, 3.05) is 0 Å². The Balaban J connectivity index is 2.74. The fraction of sp³-hybridized carbons (Fsp3) is 0.250. The van der Waals surface area contributed by atoms with E-state index in [9.17, 15) is 4.79 Å². The van der Waals surface area contributed by atoms with Crippen LogP contribution in [-0.4, -0.2) is 5.78 Å². The minimum atomic E-state index is 0.122. The second kappa shape index (κ2) is 5.66. The second-order valence-electron chi connectivity index (χ2n) is 3.51. The Morgan fingerprint density at radius 1 is 1.47 bits per heavy atom. The van der Waals surface area contributed by atoms with Crippen LogP contribution in [0.25, 0.3) is 0 Å². The molecule has 0 aliphatic rings. The van der Waals surface area contributed by atoms with Crippen molar-refractivity contribution in [2.24, 2.45) is 0 Å². The summed E-state index contributed by atoms with van der Waals surface area (Å²) in [6.07, 6.45) is 1.24. The molecule has 80 valence electrons. The van der Waals surface area contributed by atoms with Crippen LogP contribution >= 0.6 is 34.2 Å². The van der Waals surface area contributed by atoms with Crippen molar-refractivity contribution in [3.63, 3.8) is 0 Å². The highest BCUT2D eigenvalue weighted by Crippen LogP contribution is 2.20. The van der Waals surface area contributed by atoms with E-state index in [2.05, 4.69) is 29.2 Å². The van der Waals surface area contributed by atoms with Gasteiger partial charge < -0.3 is 0 Å². The molecule has 1 aromatic rings. The highest BCUT2D eigenvalue weighted by Gasteiger charge is 2.07. The van der Waals surface area contributed by atoms with Gasteiger partial charge in [0.2, 0.25) is 0 Å². The summed E-state index contributed by atoms with van der Waals surface area (Å²) < 4.78 is 0.964. The zero-order chi connectivity index (χ0) is 11.4. The highest BCUT2D eigenvalue weighted by atomic mass is 127. The number of halogens is 2. The molecule has 0 N–H and O–H groups in total. The van der Waals surface area contributed by atoms with Gasteiger partial charge in [-0.25, -0.2) is 0 Å². The summed E-state index contributed by atoms with van der Waals surface area (Å²) in [5, 5.41) is 0.636.